The molecule has 2 rings (SSSR count). The third kappa shape index (κ3) is 5.85. The third-order valence-corrected chi connectivity index (χ3v) is 4.69. The van der Waals surface area contributed by atoms with Gasteiger partial charge in [-0.2, -0.15) is 0 Å². The molecule has 0 aromatic heterocycles. The fourth-order valence-corrected chi connectivity index (χ4v) is 3.42. The molecule has 0 spiro atoms. The molecule has 124 valence electrons. The molecule has 1 N–H and O–H groups in total. The highest BCUT2D eigenvalue weighted by molar-refractivity contribution is 4.89. The predicted molar refractivity (Wildman–Crippen MR) is 86.7 cm³/mol. The van der Waals surface area contributed by atoms with Gasteiger partial charge < -0.3 is 19.7 Å². The van der Waals surface area contributed by atoms with Gasteiger partial charge >= 0.3 is 0 Å². The highest BCUT2D eigenvalue weighted by Crippen LogP contribution is 2.31. The lowest BCUT2D eigenvalue weighted by Gasteiger charge is -2.42. The van der Waals surface area contributed by atoms with E-state index in [0.29, 0.717) is 11.5 Å². The molecule has 0 aromatic rings. The maximum atomic E-state index is 5.78. The van der Waals surface area contributed by atoms with Gasteiger partial charge in [0.1, 0.15) is 0 Å². The second-order valence-electron chi connectivity index (χ2n) is 8.05. The molecular weight excluding hydrogens is 264 g/mol. The zero-order valence-corrected chi connectivity index (χ0v) is 14.4. The minimum atomic E-state index is 0.179. The van der Waals surface area contributed by atoms with Crippen LogP contribution < -0.4 is 5.32 Å². The first-order valence-electron chi connectivity index (χ1n) is 8.52. The molecule has 2 heterocycles. The van der Waals surface area contributed by atoms with E-state index in [-0.39, 0.29) is 5.54 Å². The lowest BCUT2D eigenvalue weighted by molar-refractivity contribution is -0.0110. The highest BCUT2D eigenvalue weighted by Gasteiger charge is 2.35. The highest BCUT2D eigenvalue weighted by atomic mass is 16.5. The fraction of sp³-hybridized carbons (Fsp3) is 1.00. The van der Waals surface area contributed by atoms with E-state index >= 15 is 0 Å². The molecule has 0 saturated carbocycles. The number of hydrogen-bond donors (Lipinski definition) is 1. The molecule has 4 nitrogen and oxygen atoms in total. The Labute approximate surface area is 130 Å². The van der Waals surface area contributed by atoms with Crippen molar-refractivity contribution >= 4 is 0 Å². The molecule has 2 aliphatic rings. The summed E-state index contributed by atoms with van der Waals surface area (Å²) in [5, 5.41) is 3.72. The first-order chi connectivity index (χ1) is 9.89. The van der Waals surface area contributed by atoms with Gasteiger partial charge in [-0.05, 0) is 58.9 Å². The van der Waals surface area contributed by atoms with Crippen LogP contribution in [0.4, 0.5) is 0 Å². The molecule has 0 aromatic carbocycles. The number of ether oxygens (including phenoxy) is 2. The van der Waals surface area contributed by atoms with Gasteiger partial charge in [0.15, 0.2) is 0 Å². The largest absolute Gasteiger partial charge is 0.381 e. The normalized spacial score (nSPS) is 26.4. The topological polar surface area (TPSA) is 33.7 Å². The monoisotopic (exact) mass is 298 g/mol. The Balaban J connectivity index is 1.88. The molecule has 4 heteroatoms. The van der Waals surface area contributed by atoms with Crippen LogP contribution in [-0.2, 0) is 9.47 Å². The van der Waals surface area contributed by atoms with Crippen LogP contribution in [0.3, 0.4) is 0 Å². The summed E-state index contributed by atoms with van der Waals surface area (Å²) in [5.41, 5.74) is 0.525. The second-order valence-corrected chi connectivity index (χ2v) is 8.05. The second kappa shape index (κ2) is 7.40. The Morgan fingerprint density at radius 1 is 1.19 bits per heavy atom. The van der Waals surface area contributed by atoms with Gasteiger partial charge in [0.25, 0.3) is 0 Å². The third-order valence-electron chi connectivity index (χ3n) is 4.69. The lowest BCUT2D eigenvalue weighted by Crippen LogP contribution is -2.51. The van der Waals surface area contributed by atoms with E-state index in [2.05, 4.69) is 38.0 Å². The van der Waals surface area contributed by atoms with Crippen LogP contribution in [0.25, 0.3) is 0 Å². The smallest absolute Gasteiger partial charge is 0.0702 e. The molecule has 0 aliphatic carbocycles. The summed E-state index contributed by atoms with van der Waals surface area (Å²) < 4.78 is 11.4. The van der Waals surface area contributed by atoms with Gasteiger partial charge in [-0.15, -0.1) is 0 Å². The summed E-state index contributed by atoms with van der Waals surface area (Å²) in [6, 6.07) is 0. The number of hydrogen-bond acceptors (Lipinski definition) is 4. The first-order valence-corrected chi connectivity index (χ1v) is 8.52. The van der Waals surface area contributed by atoms with Crippen LogP contribution in [0.15, 0.2) is 0 Å². The molecule has 2 saturated heterocycles. The Hall–Kier alpha value is -0.160. The molecule has 21 heavy (non-hydrogen) atoms. The molecule has 0 amide bonds. The van der Waals surface area contributed by atoms with E-state index in [0.717, 1.165) is 52.3 Å². The van der Waals surface area contributed by atoms with Crippen molar-refractivity contribution in [2.24, 2.45) is 5.41 Å². The lowest BCUT2D eigenvalue weighted by atomic mass is 9.79. The summed E-state index contributed by atoms with van der Waals surface area (Å²) in [5.74, 6) is 0. The molecule has 2 fully saturated rings. The van der Waals surface area contributed by atoms with Crippen molar-refractivity contribution in [3.05, 3.63) is 0 Å². The quantitative estimate of drug-likeness (QED) is 0.816. The van der Waals surface area contributed by atoms with E-state index in [1.54, 1.807) is 0 Å². The van der Waals surface area contributed by atoms with E-state index in [9.17, 15) is 0 Å². The van der Waals surface area contributed by atoms with Gasteiger partial charge in [-0.1, -0.05) is 0 Å². The summed E-state index contributed by atoms with van der Waals surface area (Å²) in [7, 11) is 2.25. The predicted octanol–water partition coefficient (Wildman–Crippen LogP) is 2.28. The summed E-state index contributed by atoms with van der Waals surface area (Å²) in [6.45, 7) is 12.8. The zero-order chi connectivity index (χ0) is 15.3. The van der Waals surface area contributed by atoms with Gasteiger partial charge in [-0.3, -0.25) is 0 Å². The van der Waals surface area contributed by atoms with Crippen LogP contribution in [-0.4, -0.2) is 63.0 Å². The molecule has 1 atom stereocenters. The average molecular weight is 298 g/mol. The molecule has 0 radical (unpaired) electrons. The van der Waals surface area contributed by atoms with Crippen molar-refractivity contribution in [1.29, 1.82) is 0 Å². The molecule has 1 unspecified atom stereocenters. The zero-order valence-electron chi connectivity index (χ0n) is 14.4. The van der Waals surface area contributed by atoms with E-state index < -0.39 is 0 Å². The van der Waals surface area contributed by atoms with Crippen LogP contribution >= 0.6 is 0 Å². The molecule has 0 bridgehead atoms. The number of rotatable bonds is 6. The van der Waals surface area contributed by atoms with Crippen molar-refractivity contribution in [2.45, 2.75) is 58.1 Å². The minimum Gasteiger partial charge on any atom is -0.381 e. The van der Waals surface area contributed by atoms with Crippen molar-refractivity contribution in [3.8, 4) is 0 Å². The van der Waals surface area contributed by atoms with E-state index in [1.807, 2.05) is 0 Å². The van der Waals surface area contributed by atoms with E-state index in [4.69, 9.17) is 9.47 Å². The maximum Gasteiger partial charge on any atom is 0.0702 e. The van der Waals surface area contributed by atoms with Crippen molar-refractivity contribution in [2.75, 3.05) is 46.5 Å². The van der Waals surface area contributed by atoms with Crippen molar-refractivity contribution in [3.63, 3.8) is 0 Å². The van der Waals surface area contributed by atoms with Gasteiger partial charge in [0, 0.05) is 45.0 Å². The molecule has 2 aliphatic heterocycles. The van der Waals surface area contributed by atoms with Crippen molar-refractivity contribution in [1.82, 2.24) is 10.2 Å². The average Bonchev–Trinajstić information content (AvgIpc) is 2.89. The van der Waals surface area contributed by atoms with Gasteiger partial charge in [0.2, 0.25) is 0 Å². The first kappa shape index (κ1) is 17.2. The van der Waals surface area contributed by atoms with Crippen LogP contribution in [0.1, 0.15) is 46.5 Å². The van der Waals surface area contributed by atoms with Crippen LogP contribution in [0.2, 0.25) is 0 Å². The Kier molecular flexibility index (Phi) is 6.06. The molecular formula is C17H34N2O2. The SMILES string of the molecule is CN(CC1CCCO1)CC1(CNC(C)(C)C)CCOCC1. The summed E-state index contributed by atoms with van der Waals surface area (Å²) >= 11 is 0. The Morgan fingerprint density at radius 2 is 1.90 bits per heavy atom. The summed E-state index contributed by atoms with van der Waals surface area (Å²) in [4.78, 5) is 2.48. The Morgan fingerprint density at radius 3 is 2.48 bits per heavy atom. The maximum absolute atomic E-state index is 5.78. The van der Waals surface area contributed by atoms with Gasteiger partial charge in [-0.25, -0.2) is 0 Å². The Bertz CT molecular complexity index is 302. The minimum absolute atomic E-state index is 0.179. The van der Waals surface area contributed by atoms with Crippen LogP contribution in [0, 0.1) is 5.41 Å². The number of nitrogens with zero attached hydrogens (tertiary/aromatic N) is 1. The van der Waals surface area contributed by atoms with Gasteiger partial charge in [0.05, 0.1) is 6.10 Å². The fourth-order valence-electron chi connectivity index (χ4n) is 3.42. The number of nitrogens with one attached hydrogen (secondary N) is 1. The van der Waals surface area contributed by atoms with Crippen molar-refractivity contribution < 1.29 is 9.47 Å². The summed E-state index contributed by atoms with van der Waals surface area (Å²) in [6.07, 6.45) is 5.21. The van der Waals surface area contributed by atoms with E-state index in [1.165, 1.54) is 12.8 Å². The number of likely N-dealkylation sites (N-methyl/N-ethyl adjacent to an activating group) is 1. The standard InChI is InChI=1S/C17H34N2O2/c1-16(2,3)18-13-17(7-10-20-11-8-17)14-19(4)12-15-6-5-9-21-15/h15,18H,5-14H2,1-4H3. The van der Waals surface area contributed by atoms with Crippen LogP contribution in [0.5, 0.6) is 0 Å².